The van der Waals surface area contributed by atoms with E-state index in [1.807, 2.05) is 18.2 Å². The second kappa shape index (κ2) is 7.60. The van der Waals surface area contributed by atoms with Crippen LogP contribution in [0.1, 0.15) is 34.3 Å². The number of benzene rings is 2. The largest absolute Gasteiger partial charge is 0.496 e. The van der Waals surface area contributed by atoms with E-state index < -0.39 is 5.97 Å². The van der Waals surface area contributed by atoms with Gasteiger partial charge in [-0.1, -0.05) is 36.4 Å². The topological polar surface area (TPSA) is 75.6 Å². The van der Waals surface area contributed by atoms with Crippen molar-refractivity contribution in [3.8, 4) is 5.75 Å². The summed E-state index contributed by atoms with van der Waals surface area (Å²) in [5, 5.41) is 12.1. The van der Waals surface area contributed by atoms with Gasteiger partial charge in [0, 0.05) is 6.54 Å². The molecule has 0 unspecified atom stereocenters. The molecule has 2 aromatic carbocycles. The van der Waals surface area contributed by atoms with Crippen LogP contribution in [0.4, 0.5) is 0 Å². The number of amides is 1. The maximum Gasteiger partial charge on any atom is 0.335 e. The molecule has 1 saturated carbocycles. The Morgan fingerprint density at radius 3 is 2.50 bits per heavy atom. The highest BCUT2D eigenvalue weighted by molar-refractivity contribution is 5.88. The summed E-state index contributed by atoms with van der Waals surface area (Å²) in [6, 6.07) is 14.9. The second-order valence-electron chi connectivity index (χ2n) is 6.78. The third-order valence-electron chi connectivity index (χ3n) is 4.93. The number of nitrogens with one attached hydrogen (secondary N) is 1. The Kier molecular flexibility index (Phi) is 5.26. The van der Waals surface area contributed by atoms with Crippen molar-refractivity contribution in [2.24, 2.45) is 5.41 Å². The van der Waals surface area contributed by atoms with E-state index in [0.29, 0.717) is 18.7 Å². The van der Waals surface area contributed by atoms with E-state index in [-0.39, 0.29) is 16.9 Å². The number of hydrogen-bond acceptors (Lipinski definition) is 3. The Bertz CT molecular complexity index is 797. The normalized spacial score (nSPS) is 14.5. The molecular formula is C21H23NO4. The van der Waals surface area contributed by atoms with Gasteiger partial charge in [-0.15, -0.1) is 0 Å². The first-order chi connectivity index (χ1) is 12.5. The molecule has 1 amide bonds. The number of ether oxygens (including phenoxy) is 1. The fraction of sp³-hybridized carbons (Fsp3) is 0.333. The summed E-state index contributed by atoms with van der Waals surface area (Å²) < 4.78 is 5.28. The molecule has 1 aliphatic rings. The Hall–Kier alpha value is -2.82. The molecule has 0 heterocycles. The fourth-order valence-corrected chi connectivity index (χ4v) is 3.20. The van der Waals surface area contributed by atoms with Crippen LogP contribution < -0.4 is 10.1 Å². The van der Waals surface area contributed by atoms with Crippen LogP contribution in [0, 0.1) is 5.41 Å². The van der Waals surface area contributed by atoms with Crippen LogP contribution in [-0.2, 0) is 17.6 Å². The Morgan fingerprint density at radius 2 is 1.88 bits per heavy atom. The van der Waals surface area contributed by atoms with Gasteiger partial charge in [-0.05, 0) is 48.9 Å². The molecule has 2 aromatic rings. The summed E-state index contributed by atoms with van der Waals surface area (Å²) in [5.41, 5.74) is 1.99. The lowest BCUT2D eigenvalue weighted by atomic mass is 9.95. The molecule has 0 radical (unpaired) electrons. The van der Waals surface area contributed by atoms with E-state index in [4.69, 9.17) is 9.84 Å². The predicted molar refractivity (Wildman–Crippen MR) is 98.5 cm³/mol. The first-order valence-corrected chi connectivity index (χ1v) is 8.76. The van der Waals surface area contributed by atoms with Gasteiger partial charge < -0.3 is 15.2 Å². The minimum Gasteiger partial charge on any atom is -0.496 e. The van der Waals surface area contributed by atoms with E-state index in [1.54, 1.807) is 12.1 Å². The van der Waals surface area contributed by atoms with Crippen molar-refractivity contribution in [2.75, 3.05) is 13.7 Å². The van der Waals surface area contributed by atoms with Crippen LogP contribution in [0.5, 0.6) is 5.75 Å². The van der Waals surface area contributed by atoms with Gasteiger partial charge in [-0.2, -0.15) is 0 Å². The lowest BCUT2D eigenvalue weighted by Crippen LogP contribution is -2.34. The van der Waals surface area contributed by atoms with Crippen LogP contribution in [-0.4, -0.2) is 30.6 Å². The van der Waals surface area contributed by atoms with Crippen LogP contribution in [0.15, 0.2) is 48.5 Å². The van der Waals surface area contributed by atoms with Gasteiger partial charge in [0.25, 0.3) is 0 Å². The summed E-state index contributed by atoms with van der Waals surface area (Å²) >= 11 is 0. The maximum atomic E-state index is 12.6. The number of hydrogen-bond donors (Lipinski definition) is 2. The van der Waals surface area contributed by atoms with Gasteiger partial charge in [-0.3, -0.25) is 4.79 Å². The number of carboxylic acid groups (broad SMARTS) is 1. The highest BCUT2D eigenvalue weighted by Crippen LogP contribution is 2.48. The van der Waals surface area contributed by atoms with E-state index in [9.17, 15) is 9.59 Å². The number of carbonyl (C=O) groups is 2. The molecule has 0 atom stereocenters. The highest BCUT2D eigenvalue weighted by atomic mass is 16.5. The molecule has 26 heavy (non-hydrogen) atoms. The molecule has 1 aliphatic carbocycles. The highest BCUT2D eigenvalue weighted by Gasteiger charge is 2.49. The summed E-state index contributed by atoms with van der Waals surface area (Å²) in [4.78, 5) is 23.6. The minimum atomic E-state index is -0.986. The molecule has 0 spiro atoms. The van der Waals surface area contributed by atoms with Crippen molar-refractivity contribution in [1.29, 1.82) is 0 Å². The van der Waals surface area contributed by atoms with Crippen molar-refractivity contribution in [3.05, 3.63) is 65.2 Å². The van der Waals surface area contributed by atoms with Gasteiger partial charge in [0.1, 0.15) is 5.75 Å². The third kappa shape index (κ3) is 4.04. The lowest BCUT2D eigenvalue weighted by Gasteiger charge is -2.16. The smallest absolute Gasteiger partial charge is 0.335 e. The van der Waals surface area contributed by atoms with Crippen LogP contribution in [0.25, 0.3) is 0 Å². The second-order valence-corrected chi connectivity index (χ2v) is 6.78. The van der Waals surface area contributed by atoms with Crippen molar-refractivity contribution < 1.29 is 19.4 Å². The molecule has 0 aliphatic heterocycles. The zero-order valence-electron chi connectivity index (χ0n) is 14.8. The maximum absolute atomic E-state index is 12.6. The first kappa shape index (κ1) is 18.0. The fourth-order valence-electron chi connectivity index (χ4n) is 3.20. The molecule has 136 valence electrons. The summed E-state index contributed by atoms with van der Waals surface area (Å²) in [6.07, 6.45) is 3.21. The monoisotopic (exact) mass is 353 g/mol. The molecule has 5 nitrogen and oxygen atoms in total. The number of carbonyl (C=O) groups excluding carboxylic acids is 1. The van der Waals surface area contributed by atoms with Crippen molar-refractivity contribution in [2.45, 2.75) is 25.7 Å². The summed E-state index contributed by atoms with van der Waals surface area (Å²) in [7, 11) is 1.52. The van der Waals surface area contributed by atoms with Gasteiger partial charge in [0.2, 0.25) is 5.91 Å². The zero-order chi connectivity index (χ0) is 18.6. The van der Waals surface area contributed by atoms with Crippen molar-refractivity contribution in [3.63, 3.8) is 0 Å². The van der Waals surface area contributed by atoms with Crippen LogP contribution >= 0.6 is 0 Å². The Morgan fingerprint density at radius 1 is 1.15 bits per heavy atom. The SMILES string of the molecule is COc1cc(C(=O)O)ccc1CCNC(=O)C1(Cc2ccccc2)CC1. The van der Waals surface area contributed by atoms with Gasteiger partial charge in [-0.25, -0.2) is 4.79 Å². The van der Waals surface area contributed by atoms with E-state index in [0.717, 1.165) is 24.8 Å². The molecular weight excluding hydrogens is 330 g/mol. The van der Waals surface area contributed by atoms with Crippen molar-refractivity contribution in [1.82, 2.24) is 5.32 Å². The summed E-state index contributed by atoms with van der Waals surface area (Å²) in [5.74, 6) is -0.355. The van der Waals surface area contributed by atoms with Gasteiger partial charge in [0.05, 0.1) is 18.1 Å². The zero-order valence-corrected chi connectivity index (χ0v) is 14.8. The number of carboxylic acids is 1. The van der Waals surface area contributed by atoms with Gasteiger partial charge >= 0.3 is 5.97 Å². The summed E-state index contributed by atoms with van der Waals surface area (Å²) in [6.45, 7) is 0.498. The molecule has 1 fully saturated rings. The quantitative estimate of drug-likeness (QED) is 0.765. The first-order valence-electron chi connectivity index (χ1n) is 8.76. The average Bonchev–Trinajstić information content (AvgIpc) is 3.43. The van der Waals surface area contributed by atoms with Crippen molar-refractivity contribution >= 4 is 11.9 Å². The number of rotatable bonds is 8. The number of methoxy groups -OCH3 is 1. The lowest BCUT2D eigenvalue weighted by molar-refractivity contribution is -0.126. The third-order valence-corrected chi connectivity index (χ3v) is 4.93. The Balaban J connectivity index is 1.56. The van der Waals surface area contributed by atoms with E-state index in [2.05, 4.69) is 17.4 Å². The van der Waals surface area contributed by atoms with E-state index >= 15 is 0 Å². The van der Waals surface area contributed by atoms with Crippen LogP contribution in [0.3, 0.4) is 0 Å². The molecule has 0 bridgehead atoms. The molecule has 5 heteroatoms. The standard InChI is InChI=1S/C21H23NO4/c1-26-18-13-17(19(23)24)8-7-16(18)9-12-22-20(25)21(10-11-21)14-15-5-3-2-4-6-15/h2-8,13H,9-12,14H2,1H3,(H,22,25)(H,23,24). The van der Waals surface area contributed by atoms with E-state index in [1.165, 1.54) is 18.7 Å². The average molecular weight is 353 g/mol. The van der Waals surface area contributed by atoms with Gasteiger partial charge in [0.15, 0.2) is 0 Å². The van der Waals surface area contributed by atoms with Crippen LogP contribution in [0.2, 0.25) is 0 Å². The Labute approximate surface area is 153 Å². The molecule has 0 saturated heterocycles. The predicted octanol–water partition coefficient (Wildman–Crippen LogP) is 3.08. The minimum absolute atomic E-state index is 0.0995. The molecule has 0 aromatic heterocycles. The molecule has 2 N–H and O–H groups in total. The molecule has 3 rings (SSSR count). The number of aromatic carboxylic acids is 1.